The van der Waals surface area contributed by atoms with E-state index in [1.54, 1.807) is 0 Å². The molecule has 2 heterocycles. The number of nitrogens with zero attached hydrogens (tertiary/aromatic N) is 2. The third-order valence-electron chi connectivity index (χ3n) is 5.63. The van der Waals surface area contributed by atoms with Gasteiger partial charge in [0.25, 0.3) is 0 Å². The summed E-state index contributed by atoms with van der Waals surface area (Å²) in [6.45, 7) is 2.86. The number of carbonyl (C=O) groups excluding carboxylic acids is 2. The van der Waals surface area contributed by atoms with Gasteiger partial charge in [0.1, 0.15) is 0 Å². The zero-order chi connectivity index (χ0) is 17.2. The van der Waals surface area contributed by atoms with E-state index in [1.807, 2.05) is 34.2 Å². The van der Waals surface area contributed by atoms with Crippen molar-refractivity contribution in [1.29, 1.82) is 0 Å². The molecule has 2 aliphatic rings. The normalized spacial score (nSPS) is 18.9. The number of fused-ring (bicyclic) bond motifs is 1. The van der Waals surface area contributed by atoms with Crippen LogP contribution in [0.2, 0.25) is 0 Å². The van der Waals surface area contributed by atoms with Crippen molar-refractivity contribution in [2.24, 2.45) is 5.92 Å². The molecular formula is C20H25N3O2. The maximum Gasteiger partial charge on any atom is 0.227 e. The minimum absolute atomic E-state index is 0.155. The van der Waals surface area contributed by atoms with E-state index >= 15 is 0 Å². The Hall–Kier alpha value is -2.30. The molecule has 5 nitrogen and oxygen atoms in total. The fourth-order valence-electron chi connectivity index (χ4n) is 3.85. The summed E-state index contributed by atoms with van der Waals surface area (Å²) >= 11 is 0. The predicted molar refractivity (Wildman–Crippen MR) is 97.1 cm³/mol. The lowest BCUT2D eigenvalue weighted by Gasteiger charge is -2.31. The van der Waals surface area contributed by atoms with Crippen molar-refractivity contribution in [2.75, 3.05) is 26.2 Å². The molecule has 2 amide bonds. The largest absolute Gasteiger partial charge is 0.361 e. The number of amides is 2. The van der Waals surface area contributed by atoms with Crippen LogP contribution in [0.5, 0.6) is 0 Å². The second-order valence-corrected chi connectivity index (χ2v) is 7.22. The van der Waals surface area contributed by atoms with Crippen molar-refractivity contribution in [2.45, 2.75) is 32.1 Å². The van der Waals surface area contributed by atoms with Crippen LogP contribution in [0.3, 0.4) is 0 Å². The Bertz CT molecular complexity index is 778. The lowest BCUT2D eigenvalue weighted by atomic mass is 9.84. The van der Waals surface area contributed by atoms with Gasteiger partial charge in [0, 0.05) is 49.2 Å². The van der Waals surface area contributed by atoms with Crippen LogP contribution < -0.4 is 0 Å². The SMILES string of the molecule is O=C(Cc1c[nH]c2ccccc12)N1CCCN(C(=O)C2CCC2)CC1. The van der Waals surface area contributed by atoms with E-state index in [0.29, 0.717) is 25.4 Å². The van der Waals surface area contributed by atoms with E-state index in [2.05, 4.69) is 11.1 Å². The van der Waals surface area contributed by atoms with Gasteiger partial charge in [-0.05, 0) is 30.9 Å². The van der Waals surface area contributed by atoms with E-state index in [4.69, 9.17) is 0 Å². The number of carbonyl (C=O) groups is 2. The number of rotatable bonds is 3. The van der Waals surface area contributed by atoms with Gasteiger partial charge in [-0.3, -0.25) is 9.59 Å². The summed E-state index contributed by atoms with van der Waals surface area (Å²) < 4.78 is 0. The van der Waals surface area contributed by atoms with Crippen molar-refractivity contribution < 1.29 is 9.59 Å². The molecule has 4 rings (SSSR count). The number of hydrogen-bond donors (Lipinski definition) is 1. The predicted octanol–water partition coefficient (Wildman–Crippen LogP) is 2.57. The Morgan fingerprint density at radius 3 is 2.56 bits per heavy atom. The van der Waals surface area contributed by atoms with Crippen molar-refractivity contribution in [1.82, 2.24) is 14.8 Å². The van der Waals surface area contributed by atoms with Gasteiger partial charge in [-0.15, -0.1) is 0 Å². The van der Waals surface area contributed by atoms with E-state index in [1.165, 1.54) is 6.42 Å². The summed E-state index contributed by atoms with van der Waals surface area (Å²) in [5.41, 5.74) is 2.12. The maximum atomic E-state index is 12.7. The van der Waals surface area contributed by atoms with Gasteiger partial charge in [-0.25, -0.2) is 0 Å². The van der Waals surface area contributed by atoms with E-state index < -0.39 is 0 Å². The Morgan fingerprint density at radius 1 is 1.00 bits per heavy atom. The Morgan fingerprint density at radius 2 is 1.76 bits per heavy atom. The van der Waals surface area contributed by atoms with Crippen LogP contribution in [-0.4, -0.2) is 52.8 Å². The van der Waals surface area contributed by atoms with Gasteiger partial charge in [0.05, 0.1) is 6.42 Å². The zero-order valence-corrected chi connectivity index (χ0v) is 14.5. The number of hydrogen-bond acceptors (Lipinski definition) is 2. The van der Waals surface area contributed by atoms with Crippen LogP contribution >= 0.6 is 0 Å². The fourth-order valence-corrected chi connectivity index (χ4v) is 3.85. The first kappa shape index (κ1) is 16.2. The molecule has 0 bridgehead atoms. The van der Waals surface area contributed by atoms with Gasteiger partial charge in [0.15, 0.2) is 0 Å². The first-order valence-electron chi connectivity index (χ1n) is 9.34. The van der Waals surface area contributed by atoms with Gasteiger partial charge in [-0.2, -0.15) is 0 Å². The summed E-state index contributed by atoms with van der Waals surface area (Å²) in [6, 6.07) is 8.07. The second-order valence-electron chi connectivity index (χ2n) is 7.22. The average molecular weight is 339 g/mol. The summed E-state index contributed by atoms with van der Waals surface area (Å²) in [6.07, 6.45) is 6.49. The molecular weight excluding hydrogens is 314 g/mol. The average Bonchev–Trinajstić information content (AvgIpc) is 2.81. The lowest BCUT2D eigenvalue weighted by Crippen LogP contribution is -2.41. The molecule has 0 radical (unpaired) electrons. The minimum atomic E-state index is 0.155. The van der Waals surface area contributed by atoms with Crippen LogP contribution in [0, 0.1) is 5.92 Å². The van der Waals surface area contributed by atoms with Crippen LogP contribution in [0.15, 0.2) is 30.5 Å². The quantitative estimate of drug-likeness (QED) is 0.934. The van der Waals surface area contributed by atoms with E-state index in [-0.39, 0.29) is 11.8 Å². The molecule has 5 heteroatoms. The summed E-state index contributed by atoms with van der Waals surface area (Å²) in [7, 11) is 0. The smallest absolute Gasteiger partial charge is 0.227 e. The molecule has 1 saturated carbocycles. The van der Waals surface area contributed by atoms with Crippen molar-refractivity contribution >= 4 is 22.7 Å². The number of benzene rings is 1. The second kappa shape index (κ2) is 6.90. The standard InChI is InChI=1S/C20H25N3O2/c24-19(13-16-14-21-18-8-2-1-7-17(16)18)22-9-4-10-23(12-11-22)20(25)15-5-3-6-15/h1-2,7-8,14-15,21H,3-6,9-13H2. The van der Waals surface area contributed by atoms with Gasteiger partial charge in [0.2, 0.25) is 11.8 Å². The van der Waals surface area contributed by atoms with Crippen molar-refractivity contribution in [3.63, 3.8) is 0 Å². The monoisotopic (exact) mass is 339 g/mol. The summed E-state index contributed by atoms with van der Waals surface area (Å²) in [4.78, 5) is 32.3. The molecule has 0 unspecified atom stereocenters. The number of nitrogens with one attached hydrogen (secondary N) is 1. The number of aromatic nitrogens is 1. The number of H-pyrrole nitrogens is 1. The van der Waals surface area contributed by atoms with Crippen LogP contribution in [0.1, 0.15) is 31.2 Å². The molecule has 25 heavy (non-hydrogen) atoms. The molecule has 1 aliphatic carbocycles. The maximum absolute atomic E-state index is 12.7. The Balaban J connectivity index is 1.38. The summed E-state index contributed by atoms with van der Waals surface area (Å²) in [5, 5.41) is 1.12. The first-order chi connectivity index (χ1) is 12.2. The molecule has 1 aliphatic heterocycles. The number of para-hydroxylation sites is 1. The topological polar surface area (TPSA) is 56.4 Å². The van der Waals surface area contributed by atoms with Crippen LogP contribution in [-0.2, 0) is 16.0 Å². The molecule has 0 spiro atoms. The Labute approximate surface area is 148 Å². The zero-order valence-electron chi connectivity index (χ0n) is 14.5. The molecule has 0 atom stereocenters. The van der Waals surface area contributed by atoms with Crippen molar-refractivity contribution in [3.05, 3.63) is 36.0 Å². The lowest BCUT2D eigenvalue weighted by molar-refractivity contribution is -0.138. The van der Waals surface area contributed by atoms with Crippen LogP contribution in [0.4, 0.5) is 0 Å². The molecule has 1 N–H and O–H groups in total. The molecule has 2 fully saturated rings. The molecule has 1 aromatic carbocycles. The van der Waals surface area contributed by atoms with E-state index in [0.717, 1.165) is 48.8 Å². The van der Waals surface area contributed by atoms with Gasteiger partial charge in [-0.1, -0.05) is 24.6 Å². The third kappa shape index (κ3) is 3.28. The molecule has 1 saturated heterocycles. The molecule has 132 valence electrons. The fraction of sp³-hybridized carbons (Fsp3) is 0.500. The molecule has 2 aromatic rings. The third-order valence-corrected chi connectivity index (χ3v) is 5.63. The van der Waals surface area contributed by atoms with Crippen molar-refractivity contribution in [3.8, 4) is 0 Å². The number of aromatic amines is 1. The Kier molecular flexibility index (Phi) is 4.47. The highest BCUT2D eigenvalue weighted by Gasteiger charge is 2.30. The van der Waals surface area contributed by atoms with E-state index in [9.17, 15) is 9.59 Å². The van der Waals surface area contributed by atoms with Gasteiger partial charge < -0.3 is 14.8 Å². The highest BCUT2D eigenvalue weighted by atomic mass is 16.2. The molecule has 1 aromatic heterocycles. The summed E-state index contributed by atoms with van der Waals surface area (Å²) in [5.74, 6) is 0.702. The minimum Gasteiger partial charge on any atom is -0.361 e. The van der Waals surface area contributed by atoms with Gasteiger partial charge >= 0.3 is 0 Å². The first-order valence-corrected chi connectivity index (χ1v) is 9.34. The highest BCUT2D eigenvalue weighted by Crippen LogP contribution is 2.28. The van der Waals surface area contributed by atoms with Crippen LogP contribution in [0.25, 0.3) is 10.9 Å². The highest BCUT2D eigenvalue weighted by molar-refractivity contribution is 5.89.